The van der Waals surface area contributed by atoms with Crippen molar-refractivity contribution in [1.29, 1.82) is 0 Å². The fraction of sp³-hybridized carbons (Fsp3) is 0.0952. The molecule has 0 saturated carbocycles. The van der Waals surface area contributed by atoms with Crippen LogP contribution in [0.2, 0.25) is 0 Å². The normalized spacial score (nSPS) is 18.2. The van der Waals surface area contributed by atoms with E-state index in [9.17, 15) is 13.6 Å². The molecular formula is C21H15F2NO2. The molecule has 1 aliphatic heterocycles. The van der Waals surface area contributed by atoms with Gasteiger partial charge in [-0.3, -0.25) is 0 Å². The Kier molecular flexibility index (Phi) is 3.92. The maximum Gasteiger partial charge on any atom is 0.409 e. The maximum atomic E-state index is 14.8. The highest BCUT2D eigenvalue weighted by molar-refractivity contribution is 5.74. The molecule has 5 heteroatoms. The van der Waals surface area contributed by atoms with Crippen molar-refractivity contribution in [2.45, 2.75) is 11.6 Å². The molecule has 3 nitrogen and oxygen atoms in total. The molecule has 1 fully saturated rings. The number of rotatable bonds is 3. The third-order valence-electron chi connectivity index (χ3n) is 4.60. The van der Waals surface area contributed by atoms with Crippen molar-refractivity contribution < 1.29 is 18.3 Å². The first kappa shape index (κ1) is 16.3. The zero-order valence-electron chi connectivity index (χ0n) is 13.7. The van der Waals surface area contributed by atoms with Gasteiger partial charge in [-0.1, -0.05) is 66.7 Å². The number of hydrogen-bond acceptors (Lipinski definition) is 2. The highest BCUT2D eigenvalue weighted by Crippen LogP contribution is 2.49. The Hall–Kier alpha value is -3.21. The number of amides is 1. The molecule has 0 aromatic heterocycles. The lowest BCUT2D eigenvalue weighted by Crippen LogP contribution is -2.37. The second kappa shape index (κ2) is 6.26. The van der Waals surface area contributed by atoms with Gasteiger partial charge in [0.15, 0.2) is 5.60 Å². The minimum Gasteiger partial charge on any atom is -0.430 e. The van der Waals surface area contributed by atoms with Crippen molar-refractivity contribution in [3.63, 3.8) is 0 Å². The largest absolute Gasteiger partial charge is 0.430 e. The van der Waals surface area contributed by atoms with E-state index in [-0.39, 0.29) is 11.1 Å². The van der Waals surface area contributed by atoms with E-state index in [1.807, 2.05) is 6.07 Å². The number of nitrogens with one attached hydrogen (secondary N) is 1. The smallest absolute Gasteiger partial charge is 0.409 e. The summed E-state index contributed by atoms with van der Waals surface area (Å²) in [5, 5.41) is 2.72. The molecule has 1 heterocycles. The zero-order valence-corrected chi connectivity index (χ0v) is 13.7. The number of alkyl carbamates (subject to hydrolysis) is 1. The van der Waals surface area contributed by atoms with Crippen molar-refractivity contribution in [1.82, 2.24) is 5.32 Å². The fourth-order valence-corrected chi connectivity index (χ4v) is 3.51. The van der Waals surface area contributed by atoms with Crippen LogP contribution in [0.1, 0.15) is 22.7 Å². The van der Waals surface area contributed by atoms with Crippen LogP contribution >= 0.6 is 0 Å². The van der Waals surface area contributed by atoms with Crippen LogP contribution in [-0.4, -0.2) is 6.09 Å². The average molecular weight is 351 g/mol. The van der Waals surface area contributed by atoms with Crippen molar-refractivity contribution in [3.05, 3.63) is 107 Å². The molecule has 0 radical (unpaired) electrons. The zero-order chi connectivity index (χ0) is 18.1. The van der Waals surface area contributed by atoms with Gasteiger partial charge in [-0.25, -0.2) is 13.6 Å². The molecule has 1 aliphatic rings. The Bertz CT molecular complexity index is 913. The van der Waals surface area contributed by atoms with Gasteiger partial charge in [0, 0.05) is 11.1 Å². The molecule has 0 unspecified atom stereocenters. The Labute approximate surface area is 149 Å². The highest BCUT2D eigenvalue weighted by Gasteiger charge is 2.55. The van der Waals surface area contributed by atoms with Gasteiger partial charge < -0.3 is 10.1 Å². The molecule has 3 aromatic rings. The van der Waals surface area contributed by atoms with Crippen molar-refractivity contribution in [3.8, 4) is 0 Å². The minimum absolute atomic E-state index is 0.0947. The molecule has 1 atom stereocenters. The van der Waals surface area contributed by atoms with Crippen LogP contribution in [0.15, 0.2) is 78.9 Å². The molecule has 0 aliphatic carbocycles. The van der Waals surface area contributed by atoms with E-state index in [0.29, 0.717) is 5.56 Å². The van der Waals surface area contributed by atoms with Crippen LogP contribution in [0, 0.1) is 11.6 Å². The summed E-state index contributed by atoms with van der Waals surface area (Å²) in [7, 11) is 0. The summed E-state index contributed by atoms with van der Waals surface area (Å²) >= 11 is 0. The van der Waals surface area contributed by atoms with Crippen molar-refractivity contribution in [2.24, 2.45) is 0 Å². The molecule has 130 valence electrons. The Balaban J connectivity index is 2.04. The van der Waals surface area contributed by atoms with Crippen molar-refractivity contribution in [2.75, 3.05) is 0 Å². The van der Waals surface area contributed by atoms with Crippen LogP contribution in [0.25, 0.3) is 0 Å². The van der Waals surface area contributed by atoms with Gasteiger partial charge in [0.1, 0.15) is 17.7 Å². The second-order valence-corrected chi connectivity index (χ2v) is 6.07. The first-order valence-electron chi connectivity index (χ1n) is 8.17. The number of hydrogen-bond donors (Lipinski definition) is 1. The van der Waals surface area contributed by atoms with Crippen LogP contribution in [-0.2, 0) is 10.3 Å². The lowest BCUT2D eigenvalue weighted by atomic mass is 9.77. The van der Waals surface area contributed by atoms with Gasteiger partial charge in [-0.05, 0) is 17.7 Å². The standard InChI is InChI=1S/C21H15F2NO2/c22-17-12-6-4-10-15(17)21(16-11-5-7-13-18(16)23)19(24-20(25)26-21)14-8-2-1-3-9-14/h1-13,19H,(H,24,25)/t19-/m0/s1. The summed E-state index contributed by atoms with van der Waals surface area (Å²) in [6.07, 6.45) is -0.731. The van der Waals surface area contributed by atoms with Crippen molar-refractivity contribution >= 4 is 6.09 Å². The topological polar surface area (TPSA) is 38.3 Å². The molecule has 1 N–H and O–H groups in total. The van der Waals surface area contributed by atoms with E-state index >= 15 is 0 Å². The summed E-state index contributed by atoms with van der Waals surface area (Å²) in [6.45, 7) is 0. The lowest BCUT2D eigenvalue weighted by molar-refractivity contribution is 0.0622. The van der Waals surface area contributed by atoms with Crippen LogP contribution < -0.4 is 5.32 Å². The van der Waals surface area contributed by atoms with Crippen LogP contribution in [0.5, 0.6) is 0 Å². The molecule has 1 amide bonds. The Morgan fingerprint density at radius 3 is 1.81 bits per heavy atom. The SMILES string of the molecule is O=C1N[C@@H](c2ccccc2)C(c2ccccc2F)(c2ccccc2F)O1. The Morgan fingerprint density at radius 2 is 1.27 bits per heavy atom. The molecule has 1 saturated heterocycles. The summed E-state index contributed by atoms with van der Waals surface area (Å²) in [4.78, 5) is 12.2. The second-order valence-electron chi connectivity index (χ2n) is 6.07. The molecule has 26 heavy (non-hydrogen) atoms. The van der Waals surface area contributed by atoms with E-state index < -0.39 is 29.4 Å². The fourth-order valence-electron chi connectivity index (χ4n) is 3.51. The number of benzene rings is 3. The van der Waals surface area contributed by atoms with E-state index in [2.05, 4.69) is 5.32 Å². The molecule has 0 bridgehead atoms. The van der Waals surface area contributed by atoms with Gasteiger partial charge >= 0.3 is 6.09 Å². The number of halogens is 2. The maximum absolute atomic E-state index is 14.8. The van der Waals surface area contributed by atoms with E-state index in [0.717, 1.165) is 0 Å². The number of carbonyl (C=O) groups excluding carboxylic acids is 1. The van der Waals surface area contributed by atoms with E-state index in [4.69, 9.17) is 4.74 Å². The van der Waals surface area contributed by atoms with Gasteiger partial charge in [0.2, 0.25) is 0 Å². The predicted molar refractivity (Wildman–Crippen MR) is 92.4 cm³/mol. The van der Waals surface area contributed by atoms with Gasteiger partial charge in [-0.15, -0.1) is 0 Å². The molecule has 0 spiro atoms. The van der Waals surface area contributed by atoms with Gasteiger partial charge in [0.25, 0.3) is 0 Å². The van der Waals surface area contributed by atoms with Crippen LogP contribution in [0.3, 0.4) is 0 Å². The van der Waals surface area contributed by atoms with Crippen LogP contribution in [0.4, 0.5) is 13.6 Å². The first-order chi connectivity index (χ1) is 12.6. The monoisotopic (exact) mass is 351 g/mol. The minimum atomic E-state index is -1.66. The lowest BCUT2D eigenvalue weighted by Gasteiger charge is -2.34. The number of carbonyl (C=O) groups is 1. The van der Waals surface area contributed by atoms with Gasteiger partial charge in [0.05, 0.1) is 0 Å². The number of cyclic esters (lactones) is 1. The first-order valence-corrected chi connectivity index (χ1v) is 8.17. The summed E-state index contributed by atoms with van der Waals surface area (Å²) in [5.41, 5.74) is -0.783. The summed E-state index contributed by atoms with van der Waals surface area (Å²) in [6, 6.07) is 20.1. The molecule has 4 rings (SSSR count). The molecular weight excluding hydrogens is 336 g/mol. The predicted octanol–water partition coefficient (Wildman–Crippen LogP) is 4.69. The quantitative estimate of drug-likeness (QED) is 0.743. The third-order valence-corrected chi connectivity index (χ3v) is 4.60. The third kappa shape index (κ3) is 2.44. The van der Waals surface area contributed by atoms with E-state index in [1.165, 1.54) is 36.4 Å². The summed E-state index contributed by atoms with van der Waals surface area (Å²) < 4.78 is 35.2. The Morgan fingerprint density at radius 1 is 0.769 bits per heavy atom. The number of ether oxygens (including phenoxy) is 1. The summed E-state index contributed by atoms with van der Waals surface area (Å²) in [5.74, 6) is -1.15. The highest BCUT2D eigenvalue weighted by atomic mass is 19.1. The molecule has 3 aromatic carbocycles. The van der Waals surface area contributed by atoms with Gasteiger partial charge in [-0.2, -0.15) is 0 Å². The average Bonchev–Trinajstić information content (AvgIpc) is 3.01. The van der Waals surface area contributed by atoms with E-state index in [1.54, 1.807) is 36.4 Å².